The standard InChI is InChI=1S/C18H17BrClNO2/c19-14-3-1-2-12(10-14)16-5-4-13(11-17(16)20)18(23)21-8-6-15(22)7-9-21/h1-5,10-11,15,22H,6-9H2. The lowest BCUT2D eigenvalue weighted by molar-refractivity contribution is 0.0546. The van der Waals surface area contributed by atoms with Crippen LogP contribution >= 0.6 is 27.5 Å². The minimum atomic E-state index is -0.290. The van der Waals surface area contributed by atoms with Crippen LogP contribution in [-0.2, 0) is 0 Å². The molecule has 0 bridgehead atoms. The fourth-order valence-corrected chi connectivity index (χ4v) is 3.48. The molecule has 1 aliphatic rings. The monoisotopic (exact) mass is 393 g/mol. The van der Waals surface area contributed by atoms with E-state index < -0.39 is 0 Å². The van der Waals surface area contributed by atoms with Crippen LogP contribution in [-0.4, -0.2) is 35.1 Å². The number of piperidine rings is 1. The topological polar surface area (TPSA) is 40.5 Å². The van der Waals surface area contributed by atoms with Gasteiger partial charge in [-0.2, -0.15) is 0 Å². The maximum Gasteiger partial charge on any atom is 0.253 e. The molecule has 1 saturated heterocycles. The highest BCUT2D eigenvalue weighted by Crippen LogP contribution is 2.31. The van der Waals surface area contributed by atoms with Crippen LogP contribution in [0.5, 0.6) is 0 Å². The summed E-state index contributed by atoms with van der Waals surface area (Å²) in [7, 11) is 0. The first-order valence-corrected chi connectivity index (χ1v) is 8.74. The third-order valence-electron chi connectivity index (χ3n) is 4.10. The summed E-state index contributed by atoms with van der Waals surface area (Å²) < 4.78 is 0.984. The number of carbonyl (C=O) groups excluding carboxylic acids is 1. The lowest BCUT2D eigenvalue weighted by Crippen LogP contribution is -2.40. The zero-order valence-electron chi connectivity index (χ0n) is 12.5. The molecule has 1 fully saturated rings. The van der Waals surface area contributed by atoms with Crippen molar-refractivity contribution in [3.8, 4) is 11.1 Å². The number of benzene rings is 2. The molecule has 0 radical (unpaired) electrons. The Hall–Kier alpha value is -1.36. The highest BCUT2D eigenvalue weighted by atomic mass is 79.9. The van der Waals surface area contributed by atoms with E-state index in [-0.39, 0.29) is 12.0 Å². The van der Waals surface area contributed by atoms with Crippen LogP contribution in [0, 0.1) is 0 Å². The molecular weight excluding hydrogens is 378 g/mol. The first-order chi connectivity index (χ1) is 11.0. The Labute approximate surface area is 149 Å². The molecule has 1 aliphatic heterocycles. The van der Waals surface area contributed by atoms with Crippen LogP contribution in [0.25, 0.3) is 11.1 Å². The molecule has 120 valence electrons. The fourth-order valence-electron chi connectivity index (χ4n) is 2.79. The molecule has 5 heteroatoms. The summed E-state index contributed by atoms with van der Waals surface area (Å²) in [5, 5.41) is 10.1. The van der Waals surface area contributed by atoms with E-state index in [1.54, 1.807) is 11.0 Å². The van der Waals surface area contributed by atoms with Crippen molar-refractivity contribution >= 4 is 33.4 Å². The van der Waals surface area contributed by atoms with Gasteiger partial charge >= 0.3 is 0 Å². The molecular formula is C18H17BrClNO2. The van der Waals surface area contributed by atoms with Crippen LogP contribution in [0.15, 0.2) is 46.9 Å². The summed E-state index contributed by atoms with van der Waals surface area (Å²) in [6.45, 7) is 1.18. The molecule has 0 unspecified atom stereocenters. The minimum absolute atomic E-state index is 0.0282. The van der Waals surface area contributed by atoms with Gasteiger partial charge in [0.1, 0.15) is 0 Å². The molecule has 2 aromatic rings. The smallest absolute Gasteiger partial charge is 0.253 e. The summed E-state index contributed by atoms with van der Waals surface area (Å²) in [5.74, 6) is -0.0282. The Bertz CT molecular complexity index is 727. The van der Waals surface area contributed by atoms with Crippen LogP contribution in [0.4, 0.5) is 0 Å². The summed E-state index contributed by atoms with van der Waals surface area (Å²) in [6, 6.07) is 13.3. The Morgan fingerprint density at radius 3 is 2.57 bits per heavy atom. The molecule has 2 aromatic carbocycles. The Kier molecular flexibility index (Phi) is 5.05. The van der Waals surface area contributed by atoms with Crippen molar-refractivity contribution in [3.63, 3.8) is 0 Å². The highest BCUT2D eigenvalue weighted by molar-refractivity contribution is 9.10. The average molecular weight is 395 g/mol. The lowest BCUT2D eigenvalue weighted by Gasteiger charge is -2.29. The van der Waals surface area contributed by atoms with E-state index in [9.17, 15) is 9.90 Å². The van der Waals surface area contributed by atoms with Crippen LogP contribution < -0.4 is 0 Å². The molecule has 0 aliphatic carbocycles. The van der Waals surface area contributed by atoms with Gasteiger partial charge in [0.2, 0.25) is 0 Å². The van der Waals surface area contributed by atoms with Gasteiger partial charge in [0.05, 0.1) is 6.10 Å². The van der Waals surface area contributed by atoms with E-state index in [1.807, 2.05) is 36.4 Å². The van der Waals surface area contributed by atoms with E-state index >= 15 is 0 Å². The SMILES string of the molecule is O=C(c1ccc(-c2cccc(Br)c2)c(Cl)c1)N1CCC(O)CC1. The van der Waals surface area contributed by atoms with Gasteiger partial charge in [-0.1, -0.05) is 45.7 Å². The number of rotatable bonds is 2. The van der Waals surface area contributed by atoms with Gasteiger partial charge < -0.3 is 10.0 Å². The lowest BCUT2D eigenvalue weighted by atomic mass is 10.0. The number of hydrogen-bond acceptors (Lipinski definition) is 2. The second-order valence-electron chi connectivity index (χ2n) is 5.73. The van der Waals surface area contributed by atoms with Crippen LogP contribution in [0.2, 0.25) is 5.02 Å². The maximum atomic E-state index is 12.5. The third kappa shape index (κ3) is 3.77. The quantitative estimate of drug-likeness (QED) is 0.822. The highest BCUT2D eigenvalue weighted by Gasteiger charge is 2.22. The maximum absolute atomic E-state index is 12.5. The number of amides is 1. The summed E-state index contributed by atoms with van der Waals surface area (Å²) >= 11 is 9.85. The van der Waals surface area contributed by atoms with E-state index in [4.69, 9.17) is 11.6 Å². The molecule has 1 amide bonds. The molecule has 0 spiro atoms. The predicted molar refractivity (Wildman–Crippen MR) is 95.7 cm³/mol. The number of hydrogen-bond donors (Lipinski definition) is 1. The zero-order valence-corrected chi connectivity index (χ0v) is 14.8. The van der Waals surface area contributed by atoms with Crippen molar-refractivity contribution in [2.24, 2.45) is 0 Å². The normalized spacial score (nSPS) is 15.7. The third-order valence-corrected chi connectivity index (χ3v) is 4.91. The number of aliphatic hydroxyl groups excluding tert-OH is 1. The molecule has 0 atom stereocenters. The summed E-state index contributed by atoms with van der Waals surface area (Å²) in [5.41, 5.74) is 2.49. The van der Waals surface area contributed by atoms with Crippen molar-refractivity contribution < 1.29 is 9.90 Å². The fraction of sp³-hybridized carbons (Fsp3) is 0.278. The zero-order chi connectivity index (χ0) is 16.4. The van der Waals surface area contributed by atoms with Gasteiger partial charge in [-0.3, -0.25) is 4.79 Å². The number of nitrogens with zero attached hydrogens (tertiary/aromatic N) is 1. The van der Waals surface area contributed by atoms with Gasteiger partial charge in [-0.25, -0.2) is 0 Å². The Morgan fingerprint density at radius 2 is 1.91 bits per heavy atom. The van der Waals surface area contributed by atoms with Crippen LogP contribution in [0.3, 0.4) is 0 Å². The Balaban J connectivity index is 1.83. The Morgan fingerprint density at radius 1 is 1.17 bits per heavy atom. The minimum Gasteiger partial charge on any atom is -0.393 e. The van der Waals surface area contributed by atoms with Gasteiger partial charge in [-0.05, 0) is 42.7 Å². The molecule has 3 nitrogen and oxygen atoms in total. The van der Waals surface area contributed by atoms with Gasteiger partial charge in [-0.15, -0.1) is 0 Å². The number of halogens is 2. The largest absolute Gasteiger partial charge is 0.393 e. The second-order valence-corrected chi connectivity index (χ2v) is 7.05. The molecule has 3 rings (SSSR count). The van der Waals surface area contributed by atoms with Crippen molar-refractivity contribution in [3.05, 3.63) is 57.5 Å². The van der Waals surface area contributed by atoms with Crippen LogP contribution in [0.1, 0.15) is 23.2 Å². The summed E-state index contributed by atoms with van der Waals surface area (Å²) in [6.07, 6.45) is 0.979. The van der Waals surface area contributed by atoms with Crippen molar-refractivity contribution in [2.75, 3.05) is 13.1 Å². The van der Waals surface area contributed by atoms with E-state index in [2.05, 4.69) is 15.9 Å². The van der Waals surface area contributed by atoms with E-state index in [1.165, 1.54) is 0 Å². The van der Waals surface area contributed by atoms with E-state index in [0.717, 1.165) is 15.6 Å². The van der Waals surface area contributed by atoms with Crippen molar-refractivity contribution in [2.45, 2.75) is 18.9 Å². The number of likely N-dealkylation sites (tertiary alicyclic amines) is 1. The van der Waals surface area contributed by atoms with Gasteiger partial charge in [0.15, 0.2) is 0 Å². The molecule has 1 heterocycles. The number of aliphatic hydroxyl groups is 1. The molecule has 23 heavy (non-hydrogen) atoms. The first-order valence-electron chi connectivity index (χ1n) is 7.57. The summed E-state index contributed by atoms with van der Waals surface area (Å²) in [4.78, 5) is 14.3. The van der Waals surface area contributed by atoms with Crippen molar-refractivity contribution in [1.82, 2.24) is 4.90 Å². The predicted octanol–water partition coefficient (Wildman–Crippen LogP) is 4.37. The second kappa shape index (κ2) is 7.04. The number of carbonyl (C=O) groups is 1. The van der Waals surface area contributed by atoms with Crippen molar-refractivity contribution in [1.29, 1.82) is 0 Å². The molecule has 0 saturated carbocycles. The van der Waals surface area contributed by atoms with Gasteiger partial charge in [0.25, 0.3) is 5.91 Å². The first kappa shape index (κ1) is 16.5. The van der Waals surface area contributed by atoms with Gasteiger partial charge in [0, 0.05) is 33.7 Å². The van der Waals surface area contributed by atoms with E-state index in [0.29, 0.717) is 36.5 Å². The average Bonchev–Trinajstić information content (AvgIpc) is 2.55. The molecule has 0 aromatic heterocycles. The molecule has 1 N–H and O–H groups in total.